The fraction of sp³-hybridized carbons (Fsp3) is 0.397. The summed E-state index contributed by atoms with van der Waals surface area (Å²) in [6, 6.07) is 18.4. The van der Waals surface area contributed by atoms with Crippen molar-refractivity contribution in [3.8, 4) is 0 Å². The molecule has 73 heavy (non-hydrogen) atoms. The molecule has 0 aromatic heterocycles. The maximum atomic E-state index is 2.75. The third-order valence-corrected chi connectivity index (χ3v) is 20.0. The molecule has 0 bridgehead atoms. The molecule has 10 aliphatic rings. The second-order valence-corrected chi connectivity index (χ2v) is 24.7. The molecule has 372 valence electrons. The van der Waals surface area contributed by atoms with E-state index in [-0.39, 0.29) is 10.8 Å². The highest BCUT2D eigenvalue weighted by Gasteiger charge is 2.46. The zero-order valence-electron chi connectivity index (χ0n) is 44.8. The molecular formula is C73H80. The third-order valence-electron chi connectivity index (χ3n) is 20.0. The molecule has 0 saturated carbocycles. The van der Waals surface area contributed by atoms with Crippen molar-refractivity contribution in [2.24, 2.45) is 41.4 Å². The van der Waals surface area contributed by atoms with Crippen molar-refractivity contribution in [2.45, 2.75) is 141 Å². The Balaban J connectivity index is 0.730. The van der Waals surface area contributed by atoms with Gasteiger partial charge in [-0.25, -0.2) is 0 Å². The van der Waals surface area contributed by atoms with Gasteiger partial charge in [0.1, 0.15) is 0 Å². The van der Waals surface area contributed by atoms with Crippen LogP contribution in [-0.2, 0) is 10.8 Å². The largest absolute Gasteiger partial charge is 0.0842 e. The van der Waals surface area contributed by atoms with Crippen molar-refractivity contribution < 1.29 is 0 Å². The smallest absolute Gasteiger partial charge is 0.0155 e. The first-order valence-corrected chi connectivity index (χ1v) is 28.9. The Morgan fingerprint density at radius 1 is 0.589 bits per heavy atom. The van der Waals surface area contributed by atoms with Gasteiger partial charge in [0.2, 0.25) is 0 Å². The molecule has 0 radical (unpaired) electrons. The molecule has 0 saturated heterocycles. The van der Waals surface area contributed by atoms with Crippen LogP contribution in [0.4, 0.5) is 0 Å². The minimum atomic E-state index is 0.0514. The summed E-state index contributed by atoms with van der Waals surface area (Å²) in [6.07, 6.45) is 68.6. The van der Waals surface area contributed by atoms with E-state index in [1.165, 1.54) is 66.4 Å². The summed E-state index contributed by atoms with van der Waals surface area (Å²) in [7, 11) is 0. The Bertz CT molecular complexity index is 3050. The van der Waals surface area contributed by atoms with E-state index in [2.05, 4.69) is 211 Å². The molecule has 0 amide bonds. The number of benzene rings is 2. The fourth-order valence-electron chi connectivity index (χ4n) is 15.6. The van der Waals surface area contributed by atoms with Gasteiger partial charge in [-0.15, -0.1) is 0 Å². The van der Waals surface area contributed by atoms with Gasteiger partial charge in [0.15, 0.2) is 0 Å². The lowest BCUT2D eigenvalue weighted by atomic mass is 9.68. The van der Waals surface area contributed by atoms with E-state index in [4.69, 9.17) is 0 Å². The minimum absolute atomic E-state index is 0.0514. The molecule has 12 rings (SSSR count). The maximum Gasteiger partial charge on any atom is 0.0155 e. The molecule has 0 N–H and O–H groups in total. The van der Waals surface area contributed by atoms with Gasteiger partial charge in [0.05, 0.1) is 0 Å². The van der Waals surface area contributed by atoms with Crippen molar-refractivity contribution in [2.75, 3.05) is 0 Å². The predicted octanol–water partition coefficient (Wildman–Crippen LogP) is 19.4. The Labute approximate surface area is 440 Å². The fourth-order valence-corrected chi connectivity index (χ4v) is 15.6. The van der Waals surface area contributed by atoms with Crippen LogP contribution in [0.3, 0.4) is 0 Å². The Morgan fingerprint density at radius 3 is 1.92 bits per heavy atom. The van der Waals surface area contributed by atoms with Crippen LogP contribution in [0.25, 0.3) is 5.57 Å². The summed E-state index contributed by atoms with van der Waals surface area (Å²) >= 11 is 0. The molecule has 2 aromatic rings. The van der Waals surface area contributed by atoms with E-state index in [1.807, 2.05) is 0 Å². The quantitative estimate of drug-likeness (QED) is 0.188. The summed E-state index contributed by atoms with van der Waals surface area (Å²) in [4.78, 5) is 0. The Morgan fingerprint density at radius 2 is 1.23 bits per heavy atom. The van der Waals surface area contributed by atoms with Gasteiger partial charge in [-0.3, -0.25) is 0 Å². The third kappa shape index (κ3) is 9.34. The highest BCUT2D eigenvalue weighted by Crippen LogP contribution is 2.56. The second kappa shape index (κ2) is 20.2. The molecular weight excluding hydrogens is 877 g/mol. The number of fused-ring (bicyclic) bond motifs is 6. The van der Waals surface area contributed by atoms with Gasteiger partial charge < -0.3 is 0 Å². The number of allylic oxidation sites excluding steroid dienone is 32. The number of hydrogen-bond donors (Lipinski definition) is 0. The summed E-state index contributed by atoms with van der Waals surface area (Å²) in [5.74, 6) is 4.35. The van der Waals surface area contributed by atoms with Gasteiger partial charge in [-0.2, -0.15) is 0 Å². The Kier molecular flexibility index (Phi) is 13.3. The Hall–Kier alpha value is -5.72. The van der Waals surface area contributed by atoms with Gasteiger partial charge in [0.25, 0.3) is 0 Å². The lowest BCUT2D eigenvalue weighted by Crippen LogP contribution is -2.27. The summed E-state index contributed by atoms with van der Waals surface area (Å²) < 4.78 is 0. The predicted molar refractivity (Wildman–Crippen MR) is 311 cm³/mol. The zero-order chi connectivity index (χ0) is 49.7. The standard InChI is InChI=1S/C73H80/c1-49(52-20-10-7-11-21-52)67(44-51-31-42-65-63-26-12-14-28-68(63)72(2,3)70(65)45-51)60-25-17-23-58(47-60)56-38-34-54(35-39-56)53-32-36-55(37-33-53)57-22-16-24-59(46-57)62(41-30-50-18-8-6-9-19-50)61-40-43-66-64-27-13-15-29-69(64)73(4,5)71(66)48-61/h6-8,10,12-18,20,22-29,31-32,34,36,38,42-43,45,48-49,59-62,65,67,70H,9,11,19,21,30,33,35,37,39-41,44,46-47H2,1-5H3. The van der Waals surface area contributed by atoms with Crippen LogP contribution in [0.5, 0.6) is 0 Å². The topological polar surface area (TPSA) is 0 Å². The lowest BCUT2D eigenvalue weighted by Gasteiger charge is -2.37. The first kappa shape index (κ1) is 48.2. The van der Waals surface area contributed by atoms with Crippen LogP contribution < -0.4 is 0 Å². The van der Waals surface area contributed by atoms with Gasteiger partial charge in [0, 0.05) is 11.3 Å². The SMILES string of the molecule is CC(C1=CC=CCC1)C(CC1=CC2C(C=C1)c1ccccc1C2(C)C)C1C=CC=C(C2=CC=C(C3=CC=C(C4=CC=CC(C(CCC5=CC=CCC5)C5C=C6C(=CC5)c5ccccc5C6(C)C)C4)CC3)CC2)C1. The average Bonchev–Trinajstić information content (AvgIpc) is 3.81. The summed E-state index contributed by atoms with van der Waals surface area (Å²) in [6.45, 7) is 12.4. The molecule has 0 fully saturated rings. The number of rotatable bonds is 13. The van der Waals surface area contributed by atoms with E-state index in [0.717, 1.165) is 51.4 Å². The molecule has 0 spiro atoms. The van der Waals surface area contributed by atoms with E-state index >= 15 is 0 Å². The van der Waals surface area contributed by atoms with Crippen LogP contribution in [0, 0.1) is 41.4 Å². The zero-order valence-corrected chi connectivity index (χ0v) is 44.8. The maximum absolute atomic E-state index is 2.75. The molecule has 0 nitrogen and oxygen atoms in total. The van der Waals surface area contributed by atoms with E-state index < -0.39 is 0 Å². The van der Waals surface area contributed by atoms with Crippen molar-refractivity contribution in [3.63, 3.8) is 0 Å². The first-order chi connectivity index (χ1) is 35.6. The van der Waals surface area contributed by atoms with Crippen LogP contribution in [0.15, 0.2) is 232 Å². The minimum Gasteiger partial charge on any atom is -0.0842 e. The van der Waals surface area contributed by atoms with Gasteiger partial charge in [-0.05, 0) is 204 Å². The van der Waals surface area contributed by atoms with Crippen molar-refractivity contribution in [1.82, 2.24) is 0 Å². The second-order valence-electron chi connectivity index (χ2n) is 24.7. The summed E-state index contributed by atoms with van der Waals surface area (Å²) in [5.41, 5.74) is 23.5. The van der Waals surface area contributed by atoms with Gasteiger partial charge >= 0.3 is 0 Å². The van der Waals surface area contributed by atoms with Crippen molar-refractivity contribution >= 4 is 5.57 Å². The molecule has 2 aromatic carbocycles. The normalized spacial score (nSPS) is 28.5. The van der Waals surface area contributed by atoms with Crippen LogP contribution in [-0.4, -0.2) is 0 Å². The highest BCUT2D eigenvalue weighted by molar-refractivity contribution is 5.90. The summed E-state index contributed by atoms with van der Waals surface area (Å²) in [5, 5.41) is 0. The highest BCUT2D eigenvalue weighted by atomic mass is 14.5. The first-order valence-electron chi connectivity index (χ1n) is 28.9. The molecule has 8 unspecified atom stereocenters. The molecule has 8 atom stereocenters. The van der Waals surface area contributed by atoms with Crippen LogP contribution in [0.2, 0.25) is 0 Å². The van der Waals surface area contributed by atoms with Gasteiger partial charge in [-0.1, -0.05) is 227 Å². The molecule has 10 aliphatic carbocycles. The van der Waals surface area contributed by atoms with Crippen LogP contribution in [0.1, 0.15) is 153 Å². The molecule has 0 aliphatic heterocycles. The van der Waals surface area contributed by atoms with E-state index in [0.29, 0.717) is 47.3 Å². The van der Waals surface area contributed by atoms with Crippen molar-refractivity contribution in [3.05, 3.63) is 254 Å². The molecule has 0 heteroatoms. The lowest BCUT2D eigenvalue weighted by molar-refractivity contribution is 0.279. The number of hydrogen-bond acceptors (Lipinski definition) is 0. The average molecular weight is 957 g/mol. The monoisotopic (exact) mass is 957 g/mol. The van der Waals surface area contributed by atoms with Crippen LogP contribution >= 0.6 is 0 Å². The van der Waals surface area contributed by atoms with Crippen molar-refractivity contribution in [1.29, 1.82) is 0 Å². The van der Waals surface area contributed by atoms with E-state index in [1.54, 1.807) is 55.7 Å². The van der Waals surface area contributed by atoms with E-state index in [9.17, 15) is 0 Å². The molecule has 0 heterocycles.